The molecule has 0 amide bonds. The lowest BCUT2D eigenvalue weighted by Gasteiger charge is -2.37. The molecule has 0 radical (unpaired) electrons. The fraction of sp³-hybridized carbons (Fsp3) is 0.727. The van der Waals surface area contributed by atoms with Crippen LogP contribution in [0.3, 0.4) is 0 Å². The molecule has 3 heterocycles. The summed E-state index contributed by atoms with van der Waals surface area (Å²) >= 11 is 1.62. The van der Waals surface area contributed by atoms with Gasteiger partial charge in [0, 0.05) is 29.6 Å². The maximum atomic E-state index is 5.32. The van der Waals surface area contributed by atoms with E-state index >= 15 is 0 Å². The van der Waals surface area contributed by atoms with Crippen molar-refractivity contribution in [2.75, 3.05) is 32.8 Å². The molecule has 3 rings (SSSR count). The highest BCUT2D eigenvalue weighted by molar-refractivity contribution is 7.05. The number of likely N-dealkylation sites (tertiary alicyclic amines) is 1. The lowest BCUT2D eigenvalue weighted by atomic mass is 9.85. The minimum absolute atomic E-state index is 0.535. The van der Waals surface area contributed by atoms with Gasteiger partial charge in [-0.25, -0.2) is 4.37 Å². The minimum Gasteiger partial charge on any atom is -0.380 e. The van der Waals surface area contributed by atoms with Crippen LogP contribution in [-0.4, -0.2) is 42.1 Å². The average molecular weight is 224 g/mol. The van der Waals surface area contributed by atoms with Gasteiger partial charge in [0.25, 0.3) is 0 Å². The van der Waals surface area contributed by atoms with Crippen molar-refractivity contribution in [3.8, 4) is 0 Å². The summed E-state index contributed by atoms with van der Waals surface area (Å²) in [6.45, 7) is 5.66. The van der Waals surface area contributed by atoms with E-state index in [1.54, 1.807) is 11.5 Å². The van der Waals surface area contributed by atoms with Gasteiger partial charge in [0.2, 0.25) is 0 Å². The predicted molar refractivity (Wildman–Crippen MR) is 60.1 cm³/mol. The molecular weight excluding hydrogens is 208 g/mol. The maximum absolute atomic E-state index is 5.32. The summed E-state index contributed by atoms with van der Waals surface area (Å²) in [6, 6.07) is 2.13. The molecule has 82 valence electrons. The summed E-state index contributed by atoms with van der Waals surface area (Å²) in [7, 11) is 0. The van der Waals surface area contributed by atoms with Crippen LogP contribution in [0.5, 0.6) is 0 Å². The van der Waals surface area contributed by atoms with Crippen LogP contribution in [0.1, 0.15) is 11.3 Å². The normalized spacial score (nSPS) is 24.5. The van der Waals surface area contributed by atoms with Gasteiger partial charge in [-0.05, 0) is 37.0 Å². The molecule has 15 heavy (non-hydrogen) atoms. The lowest BCUT2D eigenvalue weighted by molar-refractivity contribution is -0.104. The first kappa shape index (κ1) is 9.75. The third-order valence-electron chi connectivity index (χ3n) is 3.50. The summed E-state index contributed by atoms with van der Waals surface area (Å²) in [6.07, 6.45) is 4.38. The first-order valence-electron chi connectivity index (χ1n) is 5.56. The van der Waals surface area contributed by atoms with Crippen LogP contribution in [-0.2, 0) is 11.2 Å². The van der Waals surface area contributed by atoms with Crippen LogP contribution in [0.2, 0.25) is 0 Å². The van der Waals surface area contributed by atoms with Gasteiger partial charge in [-0.1, -0.05) is 0 Å². The molecule has 0 saturated carbocycles. The van der Waals surface area contributed by atoms with E-state index in [0.717, 1.165) is 19.6 Å². The van der Waals surface area contributed by atoms with Gasteiger partial charge >= 0.3 is 0 Å². The number of nitrogens with zero attached hydrogens (tertiary/aromatic N) is 2. The number of ether oxygens (including phenoxy) is 1. The Balaban J connectivity index is 1.49. The molecule has 2 saturated heterocycles. The van der Waals surface area contributed by atoms with E-state index in [1.165, 1.54) is 30.9 Å². The maximum Gasteiger partial charge on any atom is 0.0557 e. The summed E-state index contributed by atoms with van der Waals surface area (Å²) in [5.74, 6) is 0. The number of hydrogen-bond donors (Lipinski definition) is 0. The van der Waals surface area contributed by atoms with Crippen molar-refractivity contribution in [3.05, 3.63) is 17.1 Å². The van der Waals surface area contributed by atoms with Crippen molar-refractivity contribution in [1.82, 2.24) is 9.27 Å². The van der Waals surface area contributed by atoms with Crippen molar-refractivity contribution >= 4 is 11.5 Å². The molecule has 2 aliphatic rings. The molecule has 1 spiro atoms. The Morgan fingerprint density at radius 2 is 2.47 bits per heavy atom. The fourth-order valence-electron chi connectivity index (χ4n) is 2.48. The Hall–Kier alpha value is -0.450. The van der Waals surface area contributed by atoms with E-state index in [2.05, 4.69) is 15.3 Å². The second-order valence-corrected chi connectivity index (χ2v) is 5.67. The van der Waals surface area contributed by atoms with Crippen molar-refractivity contribution < 1.29 is 4.74 Å². The minimum atomic E-state index is 0.535. The predicted octanol–water partition coefficient (Wildman–Crippen LogP) is 1.41. The Morgan fingerprint density at radius 1 is 1.53 bits per heavy atom. The molecular formula is C11H16N2OS. The Kier molecular flexibility index (Phi) is 2.50. The van der Waals surface area contributed by atoms with Gasteiger partial charge in [0.05, 0.1) is 13.2 Å². The molecule has 0 N–H and O–H groups in total. The SMILES string of the molecule is c1cc(CCN2CCC3(COC3)C2)sn1. The lowest BCUT2D eigenvalue weighted by Crippen LogP contribution is -2.44. The Morgan fingerprint density at radius 3 is 3.07 bits per heavy atom. The average Bonchev–Trinajstić information content (AvgIpc) is 2.83. The highest BCUT2D eigenvalue weighted by Crippen LogP contribution is 2.37. The van der Waals surface area contributed by atoms with Gasteiger partial charge in [-0.3, -0.25) is 0 Å². The van der Waals surface area contributed by atoms with Crippen molar-refractivity contribution in [3.63, 3.8) is 0 Å². The fourth-order valence-corrected chi connectivity index (χ4v) is 3.05. The summed E-state index contributed by atoms with van der Waals surface area (Å²) in [5.41, 5.74) is 0.535. The van der Waals surface area contributed by atoms with E-state index in [1.807, 2.05) is 6.20 Å². The smallest absolute Gasteiger partial charge is 0.0557 e. The Bertz CT molecular complexity index is 321. The highest BCUT2D eigenvalue weighted by atomic mass is 32.1. The van der Waals surface area contributed by atoms with Crippen LogP contribution in [0.4, 0.5) is 0 Å². The molecule has 1 aromatic rings. The molecule has 2 fully saturated rings. The number of rotatable bonds is 3. The zero-order chi connectivity index (χ0) is 10.1. The molecule has 1 aromatic heterocycles. The summed E-state index contributed by atoms with van der Waals surface area (Å²) < 4.78 is 9.45. The monoisotopic (exact) mass is 224 g/mol. The third-order valence-corrected chi connectivity index (χ3v) is 4.30. The zero-order valence-electron chi connectivity index (χ0n) is 8.82. The molecule has 3 nitrogen and oxygen atoms in total. The summed E-state index contributed by atoms with van der Waals surface area (Å²) in [5, 5.41) is 0. The van der Waals surface area contributed by atoms with E-state index in [9.17, 15) is 0 Å². The number of aromatic nitrogens is 1. The first-order valence-corrected chi connectivity index (χ1v) is 6.33. The first-order chi connectivity index (χ1) is 7.36. The number of hydrogen-bond acceptors (Lipinski definition) is 4. The van der Waals surface area contributed by atoms with Crippen molar-refractivity contribution in [2.45, 2.75) is 12.8 Å². The summed E-state index contributed by atoms with van der Waals surface area (Å²) in [4.78, 5) is 3.98. The zero-order valence-corrected chi connectivity index (χ0v) is 9.63. The highest BCUT2D eigenvalue weighted by Gasteiger charge is 2.43. The van der Waals surface area contributed by atoms with Crippen molar-refractivity contribution in [2.24, 2.45) is 5.41 Å². The van der Waals surface area contributed by atoms with E-state index in [0.29, 0.717) is 5.41 Å². The Labute approximate surface area is 94.2 Å². The topological polar surface area (TPSA) is 25.4 Å². The van der Waals surface area contributed by atoms with Gasteiger partial charge in [0.15, 0.2) is 0 Å². The van der Waals surface area contributed by atoms with Crippen LogP contribution >= 0.6 is 11.5 Å². The molecule has 2 aliphatic heterocycles. The molecule has 4 heteroatoms. The van der Waals surface area contributed by atoms with Crippen LogP contribution in [0.25, 0.3) is 0 Å². The van der Waals surface area contributed by atoms with Gasteiger partial charge in [-0.15, -0.1) is 0 Å². The molecule has 0 unspecified atom stereocenters. The largest absolute Gasteiger partial charge is 0.380 e. The van der Waals surface area contributed by atoms with Gasteiger partial charge < -0.3 is 9.64 Å². The van der Waals surface area contributed by atoms with E-state index < -0.39 is 0 Å². The van der Waals surface area contributed by atoms with Crippen LogP contribution in [0, 0.1) is 5.41 Å². The van der Waals surface area contributed by atoms with Gasteiger partial charge in [-0.2, -0.15) is 0 Å². The molecule has 0 aromatic carbocycles. The third kappa shape index (κ3) is 1.94. The van der Waals surface area contributed by atoms with E-state index in [4.69, 9.17) is 4.74 Å². The molecule has 0 aliphatic carbocycles. The quantitative estimate of drug-likeness (QED) is 0.776. The standard InChI is InChI=1S/C11H16N2OS/c1-4-12-15-10(1)2-5-13-6-3-11(7-13)8-14-9-11/h1,4H,2-3,5-9H2. The van der Waals surface area contributed by atoms with Crippen LogP contribution < -0.4 is 0 Å². The van der Waals surface area contributed by atoms with E-state index in [-0.39, 0.29) is 0 Å². The second-order valence-electron chi connectivity index (χ2n) is 4.75. The van der Waals surface area contributed by atoms with Gasteiger partial charge in [0.1, 0.15) is 0 Å². The van der Waals surface area contributed by atoms with Crippen molar-refractivity contribution in [1.29, 1.82) is 0 Å². The molecule has 0 bridgehead atoms. The molecule has 0 atom stereocenters. The van der Waals surface area contributed by atoms with Crippen LogP contribution in [0.15, 0.2) is 12.3 Å². The second kappa shape index (κ2) is 3.85.